The maximum atomic E-state index is 12.9. The van der Waals surface area contributed by atoms with Crippen LogP contribution in [-0.4, -0.2) is 24.8 Å². The second kappa shape index (κ2) is 7.54. The number of carbonyl (C=O) groups is 3. The van der Waals surface area contributed by atoms with Crippen molar-refractivity contribution in [1.82, 2.24) is 0 Å². The van der Waals surface area contributed by atoms with Crippen LogP contribution >= 0.6 is 11.3 Å². The molecule has 148 valence electrons. The number of hydrogen-bond donors (Lipinski definition) is 1. The topological polar surface area (TPSA) is 85.6 Å². The summed E-state index contributed by atoms with van der Waals surface area (Å²) in [5.74, 6) is -0.0880. The van der Waals surface area contributed by atoms with Gasteiger partial charge >= 0.3 is 5.97 Å². The highest BCUT2D eigenvalue weighted by Crippen LogP contribution is 2.38. The third-order valence-corrected chi connectivity index (χ3v) is 6.76. The largest absolute Gasteiger partial charge is 0.465 e. The number of thiophene rings is 1. The molecule has 0 aromatic carbocycles. The first kappa shape index (κ1) is 18.9. The van der Waals surface area contributed by atoms with Crippen LogP contribution in [0.5, 0.6) is 0 Å². The Morgan fingerprint density at radius 2 is 1.86 bits per heavy atom. The van der Waals surface area contributed by atoms with Crippen LogP contribution in [0.1, 0.15) is 85.1 Å². The number of anilines is 1. The van der Waals surface area contributed by atoms with Gasteiger partial charge in [0.1, 0.15) is 10.8 Å². The number of amides is 1. The van der Waals surface area contributed by atoms with E-state index in [1.807, 2.05) is 0 Å². The van der Waals surface area contributed by atoms with Gasteiger partial charge in [0.25, 0.3) is 5.91 Å². The van der Waals surface area contributed by atoms with Gasteiger partial charge in [-0.05, 0) is 44.6 Å². The van der Waals surface area contributed by atoms with Gasteiger partial charge in [0, 0.05) is 23.3 Å². The number of nitrogens with one attached hydrogen (secondary N) is 1. The first-order chi connectivity index (χ1) is 13.5. The number of fused-ring (bicyclic) bond motifs is 2. The van der Waals surface area contributed by atoms with E-state index in [0.717, 1.165) is 49.0 Å². The van der Waals surface area contributed by atoms with E-state index in [2.05, 4.69) is 5.32 Å². The highest BCUT2D eigenvalue weighted by molar-refractivity contribution is 7.17. The van der Waals surface area contributed by atoms with Crippen molar-refractivity contribution in [3.05, 3.63) is 38.7 Å². The molecular weight excluding hydrogens is 378 g/mol. The number of ether oxygens (including phenoxy) is 1. The predicted octanol–water partition coefficient (Wildman–Crippen LogP) is 4.48. The fourth-order valence-corrected chi connectivity index (χ4v) is 5.45. The monoisotopic (exact) mass is 401 g/mol. The molecule has 0 aliphatic heterocycles. The molecular formula is C21H23NO5S. The summed E-state index contributed by atoms with van der Waals surface area (Å²) in [5, 5.41) is 3.36. The molecule has 1 N–H and O–H groups in total. The SMILES string of the molecule is COC(=O)c1c(NC(=O)c2oc3c(c2C)C(=O)CCC3)sc2c1CCCCC2. The van der Waals surface area contributed by atoms with Crippen LogP contribution in [0, 0.1) is 6.92 Å². The summed E-state index contributed by atoms with van der Waals surface area (Å²) in [6.45, 7) is 1.74. The van der Waals surface area contributed by atoms with Crippen molar-refractivity contribution in [3.63, 3.8) is 0 Å². The zero-order valence-corrected chi connectivity index (χ0v) is 16.9. The Balaban J connectivity index is 1.69. The van der Waals surface area contributed by atoms with Crippen LogP contribution in [-0.2, 0) is 24.0 Å². The smallest absolute Gasteiger partial charge is 0.341 e. The van der Waals surface area contributed by atoms with Gasteiger partial charge in [0.2, 0.25) is 0 Å². The van der Waals surface area contributed by atoms with Gasteiger partial charge in [0.05, 0.1) is 18.2 Å². The van der Waals surface area contributed by atoms with E-state index in [4.69, 9.17) is 9.15 Å². The summed E-state index contributed by atoms with van der Waals surface area (Å²) in [6, 6.07) is 0. The van der Waals surface area contributed by atoms with E-state index in [-0.39, 0.29) is 11.5 Å². The quantitative estimate of drug-likeness (QED) is 0.605. The lowest BCUT2D eigenvalue weighted by atomic mass is 9.94. The second-order valence-electron chi connectivity index (χ2n) is 7.35. The fraction of sp³-hybridized carbons (Fsp3) is 0.476. The van der Waals surface area contributed by atoms with Crippen molar-refractivity contribution in [3.8, 4) is 0 Å². The summed E-state index contributed by atoms with van der Waals surface area (Å²) >= 11 is 1.44. The summed E-state index contributed by atoms with van der Waals surface area (Å²) in [6.07, 6.45) is 6.84. The molecule has 2 heterocycles. The van der Waals surface area contributed by atoms with E-state index in [9.17, 15) is 14.4 Å². The Kier molecular flexibility index (Phi) is 5.10. The maximum Gasteiger partial charge on any atom is 0.341 e. The van der Waals surface area contributed by atoms with Gasteiger partial charge in [-0.1, -0.05) is 6.42 Å². The maximum absolute atomic E-state index is 12.9. The van der Waals surface area contributed by atoms with Gasteiger partial charge in [-0.2, -0.15) is 0 Å². The molecule has 1 amide bonds. The Hall–Kier alpha value is -2.41. The van der Waals surface area contributed by atoms with Crippen molar-refractivity contribution in [2.75, 3.05) is 12.4 Å². The number of esters is 1. The number of carbonyl (C=O) groups excluding carboxylic acids is 3. The van der Waals surface area contributed by atoms with E-state index >= 15 is 0 Å². The average Bonchev–Trinajstić information content (AvgIpc) is 3.10. The number of methoxy groups -OCH3 is 1. The van der Waals surface area contributed by atoms with Crippen LogP contribution in [0.25, 0.3) is 0 Å². The van der Waals surface area contributed by atoms with Crippen molar-refractivity contribution in [2.45, 2.75) is 58.3 Å². The lowest BCUT2D eigenvalue weighted by Crippen LogP contribution is -2.15. The molecule has 2 aromatic heterocycles. The third kappa shape index (κ3) is 3.17. The predicted molar refractivity (Wildman–Crippen MR) is 106 cm³/mol. The minimum Gasteiger partial charge on any atom is -0.465 e. The van der Waals surface area contributed by atoms with Crippen molar-refractivity contribution in [1.29, 1.82) is 0 Å². The van der Waals surface area contributed by atoms with Crippen molar-refractivity contribution >= 4 is 34.0 Å². The molecule has 0 saturated carbocycles. The molecule has 0 atom stereocenters. The molecule has 0 saturated heterocycles. The molecule has 6 nitrogen and oxygen atoms in total. The first-order valence-corrected chi connectivity index (χ1v) is 10.5. The lowest BCUT2D eigenvalue weighted by Gasteiger charge is -2.07. The molecule has 0 bridgehead atoms. The lowest BCUT2D eigenvalue weighted by molar-refractivity contribution is 0.0601. The molecule has 2 aliphatic rings. The molecule has 0 spiro atoms. The van der Waals surface area contributed by atoms with Gasteiger partial charge < -0.3 is 14.5 Å². The fourth-order valence-electron chi connectivity index (χ4n) is 4.17. The summed E-state index contributed by atoms with van der Waals surface area (Å²) in [7, 11) is 1.35. The minimum absolute atomic E-state index is 0.0274. The Morgan fingerprint density at radius 1 is 1.07 bits per heavy atom. The molecule has 7 heteroatoms. The number of ketones is 1. The highest BCUT2D eigenvalue weighted by atomic mass is 32.1. The van der Waals surface area contributed by atoms with Crippen LogP contribution in [0.15, 0.2) is 4.42 Å². The number of Topliss-reactive ketones (excluding diaryl/α,β-unsaturated/α-hetero) is 1. The van der Waals surface area contributed by atoms with E-state index in [1.54, 1.807) is 6.92 Å². The molecule has 28 heavy (non-hydrogen) atoms. The minimum atomic E-state index is -0.430. The normalized spacial score (nSPS) is 16.1. The second-order valence-corrected chi connectivity index (χ2v) is 8.45. The summed E-state index contributed by atoms with van der Waals surface area (Å²) in [5.41, 5.74) is 2.58. The Morgan fingerprint density at radius 3 is 2.61 bits per heavy atom. The van der Waals surface area contributed by atoms with Crippen molar-refractivity contribution in [2.24, 2.45) is 0 Å². The highest BCUT2D eigenvalue weighted by Gasteiger charge is 2.31. The van der Waals surface area contributed by atoms with E-state index in [1.165, 1.54) is 18.4 Å². The molecule has 0 fully saturated rings. The van der Waals surface area contributed by atoms with Gasteiger partial charge in [-0.3, -0.25) is 9.59 Å². The zero-order valence-electron chi connectivity index (χ0n) is 16.1. The van der Waals surface area contributed by atoms with E-state index in [0.29, 0.717) is 40.3 Å². The number of furan rings is 1. The third-order valence-electron chi connectivity index (χ3n) is 5.55. The molecule has 0 radical (unpaired) electrons. The zero-order chi connectivity index (χ0) is 19.8. The average molecular weight is 401 g/mol. The molecule has 2 aliphatic carbocycles. The Labute approximate surface area is 167 Å². The van der Waals surface area contributed by atoms with Gasteiger partial charge in [0.15, 0.2) is 11.5 Å². The van der Waals surface area contributed by atoms with Gasteiger partial charge in [-0.25, -0.2) is 4.79 Å². The van der Waals surface area contributed by atoms with Crippen LogP contribution in [0.2, 0.25) is 0 Å². The summed E-state index contributed by atoms with van der Waals surface area (Å²) < 4.78 is 10.7. The molecule has 2 aromatic rings. The number of aryl methyl sites for hydroxylation is 2. The Bertz CT molecular complexity index is 968. The first-order valence-electron chi connectivity index (χ1n) is 9.71. The molecule has 4 rings (SSSR count). The number of rotatable bonds is 3. The number of hydrogen-bond acceptors (Lipinski definition) is 6. The van der Waals surface area contributed by atoms with E-state index < -0.39 is 11.9 Å². The van der Waals surface area contributed by atoms with Crippen LogP contribution in [0.3, 0.4) is 0 Å². The van der Waals surface area contributed by atoms with Crippen LogP contribution in [0.4, 0.5) is 5.00 Å². The molecule has 0 unspecified atom stereocenters. The standard InChI is InChI=1S/C21H23NO5S/c1-11-16-13(23)8-6-9-14(16)27-18(11)19(24)22-20-17(21(25)26-2)12-7-4-3-5-10-15(12)28-20/h3-10H2,1-2H3,(H,22,24). The van der Waals surface area contributed by atoms with Crippen LogP contribution < -0.4 is 5.32 Å². The summed E-state index contributed by atoms with van der Waals surface area (Å²) in [4.78, 5) is 38.7. The van der Waals surface area contributed by atoms with Gasteiger partial charge in [-0.15, -0.1) is 11.3 Å². The van der Waals surface area contributed by atoms with Crippen molar-refractivity contribution < 1.29 is 23.5 Å².